The standard InChI is InChI=1S/C7H14O.C4H11N/c1-6(8)5-7(2,3)4;1-3-5-4-2/h5H2,1-4H3;5H,3-4H2,1-2H3. The quantitative estimate of drug-likeness (QED) is 0.736. The highest BCUT2D eigenvalue weighted by molar-refractivity contribution is 5.76. The Hall–Kier alpha value is -0.370. The van der Waals surface area contributed by atoms with E-state index in [1.54, 1.807) is 6.92 Å². The third-order valence-corrected chi connectivity index (χ3v) is 1.28. The lowest BCUT2D eigenvalue weighted by Crippen LogP contribution is -2.09. The molecule has 0 aromatic heterocycles. The molecule has 1 N–H and O–H groups in total. The van der Waals surface area contributed by atoms with Crippen LogP contribution in [0.3, 0.4) is 0 Å². The minimum Gasteiger partial charge on any atom is -0.317 e. The maximum absolute atomic E-state index is 10.5. The van der Waals surface area contributed by atoms with Crippen LogP contribution >= 0.6 is 0 Å². The molecule has 0 spiro atoms. The SMILES string of the molecule is CC(=O)CC(C)(C)C.CCNCC. The second-order valence-electron chi connectivity index (χ2n) is 4.40. The molecule has 2 heteroatoms. The molecule has 0 aromatic carbocycles. The van der Waals surface area contributed by atoms with Gasteiger partial charge in [0.25, 0.3) is 0 Å². The topological polar surface area (TPSA) is 29.1 Å². The molecule has 0 aromatic rings. The Bertz CT molecular complexity index is 123. The highest BCUT2D eigenvalue weighted by Crippen LogP contribution is 2.17. The highest BCUT2D eigenvalue weighted by atomic mass is 16.1. The Morgan fingerprint density at radius 1 is 1.15 bits per heavy atom. The summed E-state index contributed by atoms with van der Waals surface area (Å²) in [6.45, 7) is 14.2. The number of Topliss-reactive ketones (excluding diaryl/α,β-unsaturated/α-hetero) is 1. The van der Waals surface area contributed by atoms with Gasteiger partial charge in [0.2, 0.25) is 0 Å². The molecule has 0 fully saturated rings. The third kappa shape index (κ3) is 24.5. The summed E-state index contributed by atoms with van der Waals surface area (Å²) in [5.41, 5.74) is 0.172. The van der Waals surface area contributed by atoms with Gasteiger partial charge in [0.05, 0.1) is 0 Å². The van der Waals surface area contributed by atoms with Gasteiger partial charge in [-0.05, 0) is 25.4 Å². The number of carbonyl (C=O) groups excluding carboxylic acids is 1. The van der Waals surface area contributed by atoms with Gasteiger partial charge >= 0.3 is 0 Å². The predicted molar refractivity (Wildman–Crippen MR) is 59.0 cm³/mol. The minimum absolute atomic E-state index is 0.172. The summed E-state index contributed by atoms with van der Waals surface area (Å²) < 4.78 is 0. The van der Waals surface area contributed by atoms with E-state index in [0.717, 1.165) is 13.1 Å². The first-order valence-electron chi connectivity index (χ1n) is 5.03. The van der Waals surface area contributed by atoms with Crippen molar-refractivity contribution < 1.29 is 4.79 Å². The second-order valence-corrected chi connectivity index (χ2v) is 4.40. The number of carbonyl (C=O) groups is 1. The van der Waals surface area contributed by atoms with Crippen LogP contribution in [0.1, 0.15) is 48.0 Å². The van der Waals surface area contributed by atoms with Crippen LogP contribution in [0.25, 0.3) is 0 Å². The molecule has 2 nitrogen and oxygen atoms in total. The maximum atomic E-state index is 10.5. The average molecular weight is 187 g/mol. The van der Waals surface area contributed by atoms with Gasteiger partial charge in [-0.1, -0.05) is 34.6 Å². The van der Waals surface area contributed by atoms with E-state index in [4.69, 9.17) is 0 Å². The van der Waals surface area contributed by atoms with Crippen LogP contribution in [0.15, 0.2) is 0 Å². The second kappa shape index (κ2) is 8.24. The van der Waals surface area contributed by atoms with Crippen molar-refractivity contribution in [3.05, 3.63) is 0 Å². The fourth-order valence-electron chi connectivity index (χ4n) is 0.997. The molecule has 0 rings (SSSR count). The summed E-state index contributed by atoms with van der Waals surface area (Å²) in [7, 11) is 0. The van der Waals surface area contributed by atoms with E-state index in [-0.39, 0.29) is 11.2 Å². The van der Waals surface area contributed by atoms with E-state index >= 15 is 0 Å². The number of rotatable bonds is 3. The molecule has 0 unspecified atom stereocenters. The van der Waals surface area contributed by atoms with Crippen LogP contribution in [0.5, 0.6) is 0 Å². The van der Waals surface area contributed by atoms with Gasteiger partial charge in [0.15, 0.2) is 0 Å². The van der Waals surface area contributed by atoms with Crippen molar-refractivity contribution in [3.63, 3.8) is 0 Å². The van der Waals surface area contributed by atoms with Crippen LogP contribution in [0.2, 0.25) is 0 Å². The Morgan fingerprint density at radius 2 is 1.54 bits per heavy atom. The van der Waals surface area contributed by atoms with Crippen LogP contribution in [0, 0.1) is 5.41 Å². The van der Waals surface area contributed by atoms with Crippen molar-refractivity contribution in [3.8, 4) is 0 Å². The lowest BCUT2D eigenvalue weighted by Gasteiger charge is -2.14. The average Bonchev–Trinajstić information content (AvgIpc) is 1.84. The lowest BCUT2D eigenvalue weighted by atomic mass is 9.91. The molecule has 0 saturated carbocycles. The van der Waals surface area contributed by atoms with Crippen molar-refractivity contribution in [2.45, 2.75) is 48.0 Å². The molecule has 0 atom stereocenters. The van der Waals surface area contributed by atoms with Crippen molar-refractivity contribution in [2.75, 3.05) is 13.1 Å². The summed E-state index contributed by atoms with van der Waals surface area (Å²) in [4.78, 5) is 10.5. The molecule has 0 amide bonds. The van der Waals surface area contributed by atoms with Crippen LogP contribution in [-0.2, 0) is 4.79 Å². The Balaban J connectivity index is 0. The molecular formula is C11H25NO. The molecule has 0 aliphatic rings. The maximum Gasteiger partial charge on any atom is 0.130 e. The Labute approximate surface area is 83.1 Å². The van der Waals surface area contributed by atoms with E-state index < -0.39 is 0 Å². The number of hydrogen-bond donors (Lipinski definition) is 1. The molecule has 80 valence electrons. The predicted octanol–water partition coefficient (Wildman–Crippen LogP) is 2.63. The van der Waals surface area contributed by atoms with Crippen LogP contribution in [0.4, 0.5) is 0 Å². The molecule has 0 aliphatic heterocycles. The van der Waals surface area contributed by atoms with E-state index in [0.29, 0.717) is 6.42 Å². The first-order valence-corrected chi connectivity index (χ1v) is 5.03. The molecule has 0 bridgehead atoms. The Kier molecular flexibility index (Phi) is 9.58. The molecule has 0 aliphatic carbocycles. The summed E-state index contributed by atoms with van der Waals surface area (Å²) in [6, 6.07) is 0. The van der Waals surface area contributed by atoms with Crippen molar-refractivity contribution >= 4 is 5.78 Å². The summed E-state index contributed by atoms with van der Waals surface area (Å²) in [6.07, 6.45) is 0.687. The van der Waals surface area contributed by atoms with Gasteiger partial charge in [-0.25, -0.2) is 0 Å². The van der Waals surface area contributed by atoms with E-state index in [1.807, 2.05) is 0 Å². The molecular weight excluding hydrogens is 162 g/mol. The van der Waals surface area contributed by atoms with Gasteiger partial charge in [-0.3, -0.25) is 0 Å². The fraction of sp³-hybridized carbons (Fsp3) is 0.909. The lowest BCUT2D eigenvalue weighted by molar-refractivity contribution is -0.118. The minimum atomic E-state index is 0.172. The van der Waals surface area contributed by atoms with Crippen LogP contribution < -0.4 is 5.32 Å². The van der Waals surface area contributed by atoms with Crippen molar-refractivity contribution in [1.29, 1.82) is 0 Å². The van der Waals surface area contributed by atoms with Gasteiger partial charge in [0, 0.05) is 6.42 Å². The zero-order valence-electron chi connectivity index (χ0n) is 10.0. The fourth-order valence-corrected chi connectivity index (χ4v) is 0.997. The number of nitrogens with one attached hydrogen (secondary N) is 1. The van der Waals surface area contributed by atoms with Gasteiger partial charge < -0.3 is 10.1 Å². The van der Waals surface area contributed by atoms with Gasteiger partial charge in [-0.15, -0.1) is 0 Å². The summed E-state index contributed by atoms with van der Waals surface area (Å²) in [5.74, 6) is 0.275. The zero-order valence-corrected chi connectivity index (χ0v) is 10.0. The van der Waals surface area contributed by atoms with Gasteiger partial charge in [-0.2, -0.15) is 0 Å². The summed E-state index contributed by atoms with van der Waals surface area (Å²) >= 11 is 0. The number of hydrogen-bond acceptors (Lipinski definition) is 2. The van der Waals surface area contributed by atoms with E-state index in [2.05, 4.69) is 39.9 Å². The molecule has 0 saturated heterocycles. The van der Waals surface area contributed by atoms with E-state index in [9.17, 15) is 4.79 Å². The normalized spacial score (nSPS) is 10.3. The third-order valence-electron chi connectivity index (χ3n) is 1.28. The number of ketones is 1. The highest BCUT2D eigenvalue weighted by Gasteiger charge is 2.11. The monoisotopic (exact) mass is 187 g/mol. The molecule has 0 radical (unpaired) electrons. The van der Waals surface area contributed by atoms with E-state index in [1.165, 1.54) is 0 Å². The largest absolute Gasteiger partial charge is 0.317 e. The first kappa shape index (κ1) is 15.1. The van der Waals surface area contributed by atoms with Crippen molar-refractivity contribution in [1.82, 2.24) is 5.32 Å². The first-order chi connectivity index (χ1) is 5.83. The Morgan fingerprint density at radius 3 is 1.54 bits per heavy atom. The van der Waals surface area contributed by atoms with Gasteiger partial charge in [0.1, 0.15) is 5.78 Å². The van der Waals surface area contributed by atoms with Crippen LogP contribution in [-0.4, -0.2) is 18.9 Å². The smallest absolute Gasteiger partial charge is 0.130 e. The molecule has 13 heavy (non-hydrogen) atoms. The molecule has 0 heterocycles. The summed E-state index contributed by atoms with van der Waals surface area (Å²) in [5, 5.41) is 3.11. The van der Waals surface area contributed by atoms with Crippen molar-refractivity contribution in [2.24, 2.45) is 5.41 Å². The zero-order chi connectivity index (χ0) is 10.9.